The van der Waals surface area contributed by atoms with Crippen molar-refractivity contribution in [1.82, 2.24) is 20.1 Å². The summed E-state index contributed by atoms with van der Waals surface area (Å²) in [6.07, 6.45) is -9.55. The number of rotatable bonds is 4. The third kappa shape index (κ3) is 4.68. The summed E-state index contributed by atoms with van der Waals surface area (Å²) in [6.45, 7) is 2.88. The zero-order valence-corrected chi connectivity index (χ0v) is 16.6. The Bertz CT molecular complexity index is 1210. The van der Waals surface area contributed by atoms with Crippen LogP contribution in [0.1, 0.15) is 22.3 Å². The Balaban J connectivity index is 1.95. The summed E-state index contributed by atoms with van der Waals surface area (Å²) in [4.78, 5) is 26.0. The number of halogens is 6. The molecule has 0 aliphatic heterocycles. The molecule has 0 spiro atoms. The molecule has 3 aromatic rings. The van der Waals surface area contributed by atoms with Gasteiger partial charge < -0.3 is 5.32 Å². The second kappa shape index (κ2) is 8.17. The van der Waals surface area contributed by atoms with E-state index in [0.717, 1.165) is 28.9 Å². The zero-order chi connectivity index (χ0) is 23.8. The van der Waals surface area contributed by atoms with Crippen molar-refractivity contribution in [2.75, 3.05) is 0 Å². The number of benzene rings is 2. The van der Waals surface area contributed by atoms with Crippen molar-refractivity contribution in [3.8, 4) is 17.1 Å². The molecule has 0 saturated carbocycles. The first-order chi connectivity index (χ1) is 14.8. The molecule has 0 aliphatic carbocycles. The highest BCUT2D eigenvalue weighted by Gasteiger charge is 2.38. The second-order valence-corrected chi connectivity index (χ2v) is 6.96. The molecular formula is C20H16F6N4O2. The minimum absolute atomic E-state index is 0.0777. The van der Waals surface area contributed by atoms with Crippen molar-refractivity contribution in [3.05, 3.63) is 69.1 Å². The minimum Gasteiger partial charge on any atom is -0.344 e. The summed E-state index contributed by atoms with van der Waals surface area (Å²) < 4.78 is 76.4. The first-order valence-corrected chi connectivity index (χ1v) is 9.10. The molecule has 0 atom stereocenters. The van der Waals surface area contributed by atoms with Crippen LogP contribution >= 0.6 is 0 Å². The van der Waals surface area contributed by atoms with Crippen LogP contribution in [0.25, 0.3) is 17.1 Å². The van der Waals surface area contributed by atoms with Crippen LogP contribution in [0.3, 0.4) is 0 Å². The van der Waals surface area contributed by atoms with Crippen molar-refractivity contribution in [3.63, 3.8) is 0 Å². The molecule has 12 heteroatoms. The first-order valence-electron chi connectivity index (χ1n) is 9.10. The molecule has 3 rings (SSSR count). The largest absolute Gasteiger partial charge is 0.471 e. The van der Waals surface area contributed by atoms with Crippen LogP contribution < -0.4 is 11.0 Å². The summed E-state index contributed by atoms with van der Waals surface area (Å²) >= 11 is 0. The maximum absolute atomic E-state index is 12.8. The standard InChI is InChI=1S/C20H16F6N4O2/c1-10-3-4-12(9-27-17(31)20(24,25)26)11(2)15(10)16-28-18(32)30(29-16)14-7-5-13(6-8-14)19(21,22)23/h3-8H,9H2,1-2H3,(H,27,31)(H,28,29,32). The van der Waals surface area contributed by atoms with Crippen LogP contribution in [0.4, 0.5) is 26.3 Å². The van der Waals surface area contributed by atoms with Crippen molar-refractivity contribution in [2.24, 2.45) is 0 Å². The van der Waals surface area contributed by atoms with Gasteiger partial charge in [-0.3, -0.25) is 9.78 Å². The van der Waals surface area contributed by atoms with Gasteiger partial charge in [-0.2, -0.15) is 31.0 Å². The number of carbonyl (C=O) groups excluding carboxylic acids is 1. The number of carbonyl (C=O) groups is 1. The van der Waals surface area contributed by atoms with E-state index in [9.17, 15) is 35.9 Å². The van der Waals surface area contributed by atoms with E-state index in [-0.39, 0.29) is 11.5 Å². The molecule has 170 valence electrons. The summed E-state index contributed by atoms with van der Waals surface area (Å²) in [7, 11) is 0. The maximum Gasteiger partial charge on any atom is 0.471 e. The monoisotopic (exact) mass is 458 g/mol. The molecule has 1 amide bonds. The quantitative estimate of drug-likeness (QED) is 0.580. The Kier molecular flexibility index (Phi) is 5.90. The lowest BCUT2D eigenvalue weighted by atomic mass is 9.97. The van der Waals surface area contributed by atoms with Crippen LogP contribution in [0.2, 0.25) is 0 Å². The van der Waals surface area contributed by atoms with E-state index in [1.165, 1.54) is 6.07 Å². The number of hydrogen-bond donors (Lipinski definition) is 2. The van der Waals surface area contributed by atoms with Crippen molar-refractivity contribution >= 4 is 5.91 Å². The number of H-pyrrole nitrogens is 1. The van der Waals surface area contributed by atoms with Gasteiger partial charge in [0.1, 0.15) is 0 Å². The summed E-state index contributed by atoms with van der Waals surface area (Å²) in [5.41, 5.74) is 0.399. The molecule has 2 aromatic carbocycles. The number of alkyl halides is 6. The molecule has 2 N–H and O–H groups in total. The van der Waals surface area contributed by atoms with Crippen LogP contribution in [-0.4, -0.2) is 26.8 Å². The minimum atomic E-state index is -5.02. The molecule has 0 bridgehead atoms. The first kappa shape index (κ1) is 23.1. The van der Waals surface area contributed by atoms with Gasteiger partial charge in [0.2, 0.25) is 0 Å². The van der Waals surface area contributed by atoms with Crippen molar-refractivity contribution in [2.45, 2.75) is 32.7 Å². The molecule has 1 heterocycles. The zero-order valence-electron chi connectivity index (χ0n) is 16.6. The van der Waals surface area contributed by atoms with Crippen LogP contribution in [0, 0.1) is 13.8 Å². The van der Waals surface area contributed by atoms with Crippen molar-refractivity contribution in [1.29, 1.82) is 0 Å². The van der Waals surface area contributed by atoms with Gasteiger partial charge in [-0.1, -0.05) is 12.1 Å². The van der Waals surface area contributed by atoms with Crippen molar-refractivity contribution < 1.29 is 31.1 Å². The molecule has 0 unspecified atom stereocenters. The molecule has 0 aliphatic rings. The lowest BCUT2D eigenvalue weighted by Gasteiger charge is -2.14. The Labute approximate surface area is 176 Å². The Morgan fingerprint density at radius 3 is 2.22 bits per heavy atom. The summed E-state index contributed by atoms with van der Waals surface area (Å²) in [5.74, 6) is -2.01. The molecule has 6 nitrogen and oxygen atoms in total. The van der Waals surface area contributed by atoms with Gasteiger partial charge in [-0.15, -0.1) is 5.10 Å². The molecular weight excluding hydrogens is 442 g/mol. The van der Waals surface area contributed by atoms with E-state index in [0.29, 0.717) is 22.3 Å². The molecule has 0 fully saturated rings. The van der Waals surface area contributed by atoms with Gasteiger partial charge in [-0.25, -0.2) is 4.79 Å². The molecule has 0 saturated heterocycles. The smallest absolute Gasteiger partial charge is 0.344 e. The van der Waals surface area contributed by atoms with Gasteiger partial charge in [0.25, 0.3) is 0 Å². The number of nitrogens with zero attached hydrogens (tertiary/aromatic N) is 2. The highest BCUT2D eigenvalue weighted by molar-refractivity contribution is 5.81. The SMILES string of the molecule is Cc1ccc(CNC(=O)C(F)(F)F)c(C)c1-c1nn(-c2ccc(C(F)(F)F)cc2)c(=O)[nH]1. The maximum atomic E-state index is 12.8. The number of aromatic nitrogens is 3. The van der Waals surface area contributed by atoms with E-state index in [1.807, 2.05) is 0 Å². The number of hydrogen-bond acceptors (Lipinski definition) is 3. The lowest BCUT2D eigenvalue weighted by Crippen LogP contribution is -2.36. The highest BCUT2D eigenvalue weighted by Crippen LogP contribution is 2.30. The topological polar surface area (TPSA) is 79.8 Å². The molecule has 32 heavy (non-hydrogen) atoms. The number of aromatic amines is 1. The Morgan fingerprint density at radius 1 is 1.03 bits per heavy atom. The van der Waals surface area contributed by atoms with Gasteiger partial charge in [-0.05, 0) is 54.8 Å². The Morgan fingerprint density at radius 2 is 1.66 bits per heavy atom. The number of amides is 1. The summed E-state index contributed by atoms with van der Waals surface area (Å²) in [6, 6.07) is 6.95. The third-order valence-electron chi connectivity index (χ3n) is 4.78. The van der Waals surface area contributed by atoms with Gasteiger partial charge in [0.15, 0.2) is 5.82 Å². The van der Waals surface area contributed by atoms with E-state index >= 15 is 0 Å². The fourth-order valence-corrected chi connectivity index (χ4v) is 3.13. The molecule has 0 radical (unpaired) electrons. The van der Waals surface area contributed by atoms with E-state index in [1.54, 1.807) is 25.2 Å². The average Bonchev–Trinajstić information content (AvgIpc) is 3.07. The van der Waals surface area contributed by atoms with E-state index in [4.69, 9.17) is 0 Å². The fraction of sp³-hybridized carbons (Fsp3) is 0.250. The third-order valence-corrected chi connectivity index (χ3v) is 4.78. The number of aryl methyl sites for hydroxylation is 1. The van der Waals surface area contributed by atoms with E-state index in [2.05, 4.69) is 10.1 Å². The van der Waals surface area contributed by atoms with Crippen LogP contribution in [0.15, 0.2) is 41.2 Å². The lowest BCUT2D eigenvalue weighted by molar-refractivity contribution is -0.173. The van der Waals surface area contributed by atoms with Crippen LogP contribution in [0.5, 0.6) is 0 Å². The second-order valence-electron chi connectivity index (χ2n) is 6.96. The average molecular weight is 458 g/mol. The fourth-order valence-electron chi connectivity index (χ4n) is 3.13. The summed E-state index contributed by atoms with van der Waals surface area (Å²) in [5, 5.41) is 5.92. The highest BCUT2D eigenvalue weighted by atomic mass is 19.4. The van der Waals surface area contributed by atoms with Gasteiger partial charge >= 0.3 is 23.9 Å². The van der Waals surface area contributed by atoms with Gasteiger partial charge in [0, 0.05) is 12.1 Å². The number of nitrogens with one attached hydrogen (secondary N) is 2. The van der Waals surface area contributed by atoms with E-state index < -0.39 is 36.1 Å². The Hall–Kier alpha value is -3.57. The predicted molar refractivity (Wildman–Crippen MR) is 102 cm³/mol. The van der Waals surface area contributed by atoms with Crippen LogP contribution in [-0.2, 0) is 17.5 Å². The normalized spacial score (nSPS) is 12.1. The molecule has 1 aromatic heterocycles. The van der Waals surface area contributed by atoms with Gasteiger partial charge in [0.05, 0.1) is 11.3 Å². The predicted octanol–water partition coefficient (Wildman–Crippen LogP) is 4.04.